The van der Waals surface area contributed by atoms with Crippen molar-refractivity contribution in [1.29, 1.82) is 0 Å². The third-order valence-electron chi connectivity index (χ3n) is 8.94. The number of pyridine rings is 2. The molecule has 0 aliphatic heterocycles. The summed E-state index contributed by atoms with van der Waals surface area (Å²) in [6.45, 7) is 20.7. The molecule has 3 heterocycles. The van der Waals surface area contributed by atoms with Gasteiger partial charge in [-0.1, -0.05) is 125 Å². The molecule has 1 radical (unpaired) electrons. The van der Waals surface area contributed by atoms with Crippen molar-refractivity contribution in [3.8, 4) is 22.5 Å². The van der Waals surface area contributed by atoms with Gasteiger partial charge in [0.1, 0.15) is 0 Å². The van der Waals surface area contributed by atoms with Gasteiger partial charge in [0.05, 0.1) is 16.1 Å². The minimum Gasteiger partial charge on any atom is -0.305 e. The van der Waals surface area contributed by atoms with E-state index < -0.39 is 22.5 Å². The van der Waals surface area contributed by atoms with Crippen molar-refractivity contribution in [3.05, 3.63) is 144 Å². The summed E-state index contributed by atoms with van der Waals surface area (Å²) in [5.74, 6) is 0. The van der Waals surface area contributed by atoms with Crippen molar-refractivity contribution in [1.82, 2.24) is 9.97 Å². The SMILES string of the molecule is C[Si](C)(C)c1ccc(-c2[c-]cccc2)nc1.[2H]C([2H])(c1ccc(C(C)(C)C)cc1)c1ccnc(-c2[c-]ccc3c2sc2cccc([Si](C)(C)C)c23)c1.[Ir]. The zero-order valence-electron chi connectivity index (χ0n) is 33.1. The number of nitrogens with zero attached hydrogens (tertiary/aromatic N) is 2. The van der Waals surface area contributed by atoms with E-state index in [-0.39, 0.29) is 25.5 Å². The normalized spacial score (nSPS) is 12.8. The monoisotopic (exact) mass is 899 g/mol. The molecule has 0 bridgehead atoms. The van der Waals surface area contributed by atoms with E-state index in [1.807, 2.05) is 66.9 Å². The van der Waals surface area contributed by atoms with Crippen LogP contribution in [0.4, 0.5) is 0 Å². The summed E-state index contributed by atoms with van der Waals surface area (Å²) in [6, 6.07) is 41.3. The van der Waals surface area contributed by atoms with Crippen LogP contribution in [0.1, 0.15) is 40.2 Å². The van der Waals surface area contributed by atoms with Gasteiger partial charge in [0.15, 0.2) is 0 Å². The molecule has 0 aliphatic carbocycles. The Hall–Kier alpha value is -3.52. The number of benzene rings is 4. The molecule has 0 unspecified atom stereocenters. The zero-order chi connectivity index (χ0) is 37.5. The number of fused-ring (bicyclic) bond motifs is 3. The van der Waals surface area contributed by atoms with Crippen molar-refractivity contribution >= 4 is 58.0 Å². The van der Waals surface area contributed by atoms with Gasteiger partial charge in [0.2, 0.25) is 0 Å². The van der Waals surface area contributed by atoms with Gasteiger partial charge >= 0.3 is 0 Å². The molecule has 0 spiro atoms. The van der Waals surface area contributed by atoms with Crippen molar-refractivity contribution in [3.63, 3.8) is 0 Å². The third-order valence-corrected chi connectivity index (χ3v) is 14.2. The Balaban J connectivity index is 0.000000267. The Bertz CT molecular complexity index is 2320. The summed E-state index contributed by atoms with van der Waals surface area (Å²) in [5, 5.41) is 5.47. The van der Waals surface area contributed by atoms with E-state index in [0.717, 1.165) is 27.2 Å². The van der Waals surface area contributed by atoms with Crippen molar-refractivity contribution in [2.75, 3.05) is 0 Å². The largest absolute Gasteiger partial charge is 0.305 e. The molecule has 0 saturated heterocycles. The van der Waals surface area contributed by atoms with Gasteiger partial charge in [0.25, 0.3) is 0 Å². The van der Waals surface area contributed by atoms with E-state index in [2.05, 4.69) is 119 Å². The Kier molecular flexibility index (Phi) is 11.0. The second-order valence-corrected chi connectivity index (χ2v) is 27.1. The zero-order valence-corrected chi connectivity index (χ0v) is 36.3. The van der Waals surface area contributed by atoms with Crippen LogP contribution in [0.2, 0.25) is 39.3 Å². The molecule has 0 atom stereocenters. The van der Waals surface area contributed by atoms with Gasteiger partial charge in [-0.3, -0.25) is 0 Å². The van der Waals surface area contributed by atoms with E-state index in [4.69, 9.17) is 2.74 Å². The summed E-state index contributed by atoms with van der Waals surface area (Å²) in [5.41, 5.74) is 6.24. The van der Waals surface area contributed by atoms with Crippen LogP contribution in [-0.4, -0.2) is 26.1 Å². The summed E-state index contributed by atoms with van der Waals surface area (Å²) >= 11 is 1.78. The van der Waals surface area contributed by atoms with E-state index in [1.165, 1.54) is 31.4 Å². The van der Waals surface area contributed by atoms with Crippen LogP contribution < -0.4 is 10.4 Å². The maximum absolute atomic E-state index is 8.98. The standard InChI is InChI=1S/C31H32NSSi.C14H16NSi.Ir/c1-31(2,3)23-15-13-21(14-16-23)19-22-17-18-32-26(20-22)24-9-7-10-25-29-27(33-30(24)25)11-8-12-28(29)34(4,5)6;1-16(2,3)13-9-10-14(15-11-13)12-7-5-4-6-8-12;/h7-8,10-18,20H,19H2,1-6H3;4-7,9-11H,1-3H3;/q2*-1;/i19D2;;. The summed E-state index contributed by atoms with van der Waals surface area (Å²) in [7, 11) is -2.76. The fourth-order valence-corrected chi connectivity index (χ4v) is 10.00. The minimum absolute atomic E-state index is 0. The van der Waals surface area contributed by atoms with Gasteiger partial charge in [-0.15, -0.1) is 59.7 Å². The van der Waals surface area contributed by atoms with Crippen LogP contribution in [0, 0.1) is 12.1 Å². The molecule has 0 N–H and O–H groups in total. The van der Waals surface area contributed by atoms with Crippen LogP contribution >= 0.6 is 11.3 Å². The Morgan fingerprint density at radius 2 is 1.49 bits per heavy atom. The van der Waals surface area contributed by atoms with Crippen LogP contribution in [0.5, 0.6) is 0 Å². The van der Waals surface area contributed by atoms with Crippen LogP contribution in [0.25, 0.3) is 42.7 Å². The Morgan fingerprint density at radius 1 is 0.725 bits per heavy atom. The van der Waals surface area contributed by atoms with Crippen LogP contribution in [0.3, 0.4) is 0 Å². The molecule has 3 aromatic heterocycles. The molecule has 7 aromatic rings. The second kappa shape index (κ2) is 15.6. The molecule has 0 amide bonds. The van der Waals surface area contributed by atoms with Gasteiger partial charge < -0.3 is 9.97 Å². The summed E-state index contributed by atoms with van der Waals surface area (Å²) in [6.07, 6.45) is 2.11. The second-order valence-electron chi connectivity index (χ2n) is 16.0. The molecule has 263 valence electrons. The molecule has 7 rings (SSSR count). The minimum atomic E-state index is -1.63. The predicted octanol–water partition coefficient (Wildman–Crippen LogP) is 11.4. The average Bonchev–Trinajstić information content (AvgIpc) is 3.50. The van der Waals surface area contributed by atoms with Crippen molar-refractivity contribution < 1.29 is 22.8 Å². The maximum atomic E-state index is 8.98. The molecular formula is C45H48IrN2SSi2-2. The topological polar surface area (TPSA) is 25.8 Å². The van der Waals surface area contributed by atoms with Gasteiger partial charge in [-0.2, -0.15) is 11.3 Å². The number of thiophene rings is 1. The molecule has 2 nitrogen and oxygen atoms in total. The first-order valence-electron chi connectivity index (χ1n) is 18.3. The first kappa shape index (κ1) is 35.9. The number of rotatable bonds is 6. The fraction of sp³-hybridized carbons (Fsp3) is 0.244. The molecule has 51 heavy (non-hydrogen) atoms. The first-order valence-corrected chi connectivity index (χ1v) is 25.1. The van der Waals surface area contributed by atoms with E-state index in [9.17, 15) is 0 Å². The van der Waals surface area contributed by atoms with Gasteiger partial charge in [-0.25, -0.2) is 0 Å². The predicted molar refractivity (Wildman–Crippen MR) is 224 cm³/mol. The number of hydrogen-bond donors (Lipinski definition) is 0. The van der Waals surface area contributed by atoms with E-state index >= 15 is 0 Å². The molecule has 4 aromatic carbocycles. The van der Waals surface area contributed by atoms with Gasteiger partial charge in [-0.05, 0) is 67.3 Å². The Labute approximate surface area is 327 Å². The van der Waals surface area contributed by atoms with Crippen LogP contribution in [-0.2, 0) is 31.9 Å². The maximum Gasteiger partial charge on any atom is 0.0795 e. The number of aromatic nitrogens is 2. The fourth-order valence-electron chi connectivity index (χ4n) is 6.02. The molecule has 0 aliphatic rings. The summed E-state index contributed by atoms with van der Waals surface area (Å²) in [4.78, 5) is 9.19. The Morgan fingerprint density at radius 3 is 2.12 bits per heavy atom. The van der Waals surface area contributed by atoms with Gasteiger partial charge in [0, 0.05) is 39.9 Å². The average molecular weight is 899 g/mol. The summed E-state index contributed by atoms with van der Waals surface area (Å²) < 4.78 is 20.4. The van der Waals surface area contributed by atoms with Crippen LogP contribution in [0.15, 0.2) is 116 Å². The van der Waals surface area contributed by atoms with E-state index in [0.29, 0.717) is 11.1 Å². The molecule has 6 heteroatoms. The molecular weight excluding hydrogens is 849 g/mol. The first-order chi connectivity index (χ1) is 24.4. The van der Waals surface area contributed by atoms with Crippen molar-refractivity contribution in [2.45, 2.75) is 71.8 Å². The van der Waals surface area contributed by atoms with Crippen molar-refractivity contribution in [2.24, 2.45) is 0 Å². The quantitative estimate of drug-likeness (QED) is 0.123. The smallest absolute Gasteiger partial charge is 0.0795 e. The third kappa shape index (κ3) is 9.11. The van der Waals surface area contributed by atoms with E-state index in [1.54, 1.807) is 23.6 Å². The molecule has 0 saturated carbocycles. The number of hydrogen-bond acceptors (Lipinski definition) is 3. The molecule has 0 fully saturated rings.